The lowest BCUT2D eigenvalue weighted by Crippen LogP contribution is -2.58. The van der Waals surface area contributed by atoms with E-state index in [1.165, 1.54) is 11.3 Å². The summed E-state index contributed by atoms with van der Waals surface area (Å²) in [7, 11) is 0. The number of amides is 2. The fraction of sp³-hybridized carbons (Fsp3) is 0.176. The van der Waals surface area contributed by atoms with Crippen LogP contribution in [0.4, 0.5) is 5.13 Å². The molecule has 0 radical (unpaired) electrons. The summed E-state index contributed by atoms with van der Waals surface area (Å²) in [6.07, 6.45) is 7.12. The Balaban J connectivity index is 1.58. The number of carbonyl (C=O) groups excluding carboxylic acids is 2. The highest BCUT2D eigenvalue weighted by Crippen LogP contribution is 2.32. The summed E-state index contributed by atoms with van der Waals surface area (Å²) in [6.45, 7) is 1.74. The van der Waals surface area contributed by atoms with Crippen LogP contribution in [0.5, 0.6) is 0 Å². The Kier molecular flexibility index (Phi) is 3.85. The molecule has 4 heterocycles. The van der Waals surface area contributed by atoms with E-state index in [9.17, 15) is 9.59 Å². The number of aromatic nitrogens is 1. The van der Waals surface area contributed by atoms with Gasteiger partial charge in [0, 0.05) is 11.6 Å². The fourth-order valence-electron chi connectivity index (χ4n) is 2.78. The Labute approximate surface area is 152 Å². The maximum absolute atomic E-state index is 12.9. The molecule has 0 spiro atoms. The number of carbonyl (C=O) groups is 2. The molecule has 126 valence electrons. The first kappa shape index (κ1) is 15.9. The van der Waals surface area contributed by atoms with Crippen LogP contribution in [0.15, 0.2) is 52.3 Å². The van der Waals surface area contributed by atoms with Crippen molar-refractivity contribution >= 4 is 45.5 Å². The van der Waals surface area contributed by atoms with Gasteiger partial charge in [-0.2, -0.15) is 4.99 Å². The highest BCUT2D eigenvalue weighted by Gasteiger charge is 2.45. The number of thiophene rings is 1. The third kappa shape index (κ3) is 2.83. The van der Waals surface area contributed by atoms with E-state index in [0.717, 1.165) is 10.6 Å². The van der Waals surface area contributed by atoms with Gasteiger partial charge in [0.2, 0.25) is 0 Å². The van der Waals surface area contributed by atoms with E-state index in [1.807, 2.05) is 29.0 Å². The van der Waals surface area contributed by atoms with Gasteiger partial charge in [-0.1, -0.05) is 12.1 Å². The van der Waals surface area contributed by atoms with Crippen molar-refractivity contribution in [2.24, 2.45) is 4.99 Å². The van der Waals surface area contributed by atoms with Crippen LogP contribution in [0.25, 0.3) is 10.6 Å². The summed E-state index contributed by atoms with van der Waals surface area (Å²) >= 11 is 2.96. The third-order valence-corrected chi connectivity index (χ3v) is 5.74. The molecule has 0 aliphatic carbocycles. The van der Waals surface area contributed by atoms with Crippen LogP contribution in [0.1, 0.15) is 13.3 Å². The SMILES string of the molecule is CC1(C(=O)Nc2nc(-c3cccs3)cs2)CC(=O)N=C2C=CC=CN21. The molecule has 1 N–H and O–H groups in total. The van der Waals surface area contributed by atoms with Crippen molar-refractivity contribution in [2.45, 2.75) is 18.9 Å². The van der Waals surface area contributed by atoms with Gasteiger partial charge in [0.15, 0.2) is 5.13 Å². The predicted molar refractivity (Wildman–Crippen MR) is 99.6 cm³/mol. The highest BCUT2D eigenvalue weighted by molar-refractivity contribution is 7.16. The van der Waals surface area contributed by atoms with E-state index in [2.05, 4.69) is 15.3 Å². The van der Waals surface area contributed by atoms with Crippen LogP contribution in [-0.4, -0.2) is 33.1 Å². The molecule has 0 saturated heterocycles. The van der Waals surface area contributed by atoms with Crippen molar-refractivity contribution in [3.63, 3.8) is 0 Å². The fourth-order valence-corrected chi connectivity index (χ4v) is 4.25. The molecule has 2 aliphatic heterocycles. The number of allylic oxidation sites excluding steroid dienone is 2. The molecular weight excluding hydrogens is 356 g/mol. The lowest BCUT2D eigenvalue weighted by Gasteiger charge is -2.41. The van der Waals surface area contributed by atoms with E-state index < -0.39 is 5.54 Å². The Morgan fingerprint density at radius 3 is 3.04 bits per heavy atom. The first-order valence-electron chi connectivity index (χ1n) is 7.63. The monoisotopic (exact) mass is 370 g/mol. The molecule has 4 rings (SSSR count). The molecule has 2 aliphatic rings. The van der Waals surface area contributed by atoms with E-state index in [1.54, 1.807) is 41.5 Å². The number of anilines is 1. The normalized spacial score (nSPS) is 21.9. The summed E-state index contributed by atoms with van der Waals surface area (Å²) in [4.78, 5) is 36.2. The number of nitrogens with zero attached hydrogens (tertiary/aromatic N) is 3. The average molecular weight is 370 g/mol. The Bertz CT molecular complexity index is 926. The van der Waals surface area contributed by atoms with Gasteiger partial charge in [0.1, 0.15) is 11.4 Å². The number of rotatable bonds is 3. The third-order valence-electron chi connectivity index (χ3n) is 4.09. The molecule has 1 unspecified atom stereocenters. The van der Waals surface area contributed by atoms with Crippen molar-refractivity contribution in [2.75, 3.05) is 5.32 Å². The van der Waals surface area contributed by atoms with Crippen molar-refractivity contribution < 1.29 is 9.59 Å². The van der Waals surface area contributed by atoms with Crippen molar-refractivity contribution in [1.29, 1.82) is 0 Å². The number of hydrogen-bond acceptors (Lipinski definition) is 6. The van der Waals surface area contributed by atoms with Crippen LogP contribution in [0.3, 0.4) is 0 Å². The molecule has 0 fully saturated rings. The second-order valence-corrected chi connectivity index (χ2v) is 7.66. The van der Waals surface area contributed by atoms with Crippen LogP contribution in [0, 0.1) is 0 Å². The van der Waals surface area contributed by atoms with Gasteiger partial charge in [0.25, 0.3) is 11.8 Å². The summed E-state index contributed by atoms with van der Waals surface area (Å²) in [5.41, 5.74) is -0.201. The van der Waals surface area contributed by atoms with Crippen LogP contribution in [0.2, 0.25) is 0 Å². The number of hydrogen-bond donors (Lipinski definition) is 1. The molecule has 0 aromatic carbocycles. The molecule has 2 aromatic rings. The lowest BCUT2D eigenvalue weighted by atomic mass is 9.91. The first-order chi connectivity index (χ1) is 12.1. The lowest BCUT2D eigenvalue weighted by molar-refractivity contribution is -0.130. The Morgan fingerprint density at radius 2 is 2.24 bits per heavy atom. The molecule has 25 heavy (non-hydrogen) atoms. The molecule has 8 heteroatoms. The van der Waals surface area contributed by atoms with Gasteiger partial charge in [-0.3, -0.25) is 14.9 Å². The molecule has 0 saturated carbocycles. The number of aliphatic imine (C=N–C) groups is 1. The zero-order valence-corrected chi connectivity index (χ0v) is 14.9. The zero-order valence-electron chi connectivity index (χ0n) is 13.3. The average Bonchev–Trinajstić information content (AvgIpc) is 3.25. The quantitative estimate of drug-likeness (QED) is 0.900. The van der Waals surface area contributed by atoms with Gasteiger partial charge < -0.3 is 4.90 Å². The van der Waals surface area contributed by atoms with Crippen molar-refractivity contribution in [3.05, 3.63) is 47.3 Å². The van der Waals surface area contributed by atoms with Gasteiger partial charge in [0.05, 0.1) is 17.0 Å². The second-order valence-electron chi connectivity index (χ2n) is 5.85. The van der Waals surface area contributed by atoms with E-state index >= 15 is 0 Å². The largest absolute Gasteiger partial charge is 0.317 e. The smallest absolute Gasteiger partial charge is 0.252 e. The zero-order chi connectivity index (χ0) is 17.4. The summed E-state index contributed by atoms with van der Waals surface area (Å²) < 4.78 is 0. The van der Waals surface area contributed by atoms with Gasteiger partial charge in [-0.05, 0) is 30.5 Å². The van der Waals surface area contributed by atoms with Crippen LogP contribution < -0.4 is 5.32 Å². The van der Waals surface area contributed by atoms with Gasteiger partial charge in [-0.15, -0.1) is 22.7 Å². The Morgan fingerprint density at radius 1 is 1.36 bits per heavy atom. The topological polar surface area (TPSA) is 74.7 Å². The maximum Gasteiger partial charge on any atom is 0.252 e. The van der Waals surface area contributed by atoms with Crippen LogP contribution >= 0.6 is 22.7 Å². The summed E-state index contributed by atoms with van der Waals surface area (Å²) in [5.74, 6) is -0.0997. The minimum absolute atomic E-state index is 0.0175. The second kappa shape index (κ2) is 6.05. The Hall–Kier alpha value is -2.58. The number of fused-ring (bicyclic) bond motifs is 1. The standard InChI is InChI=1S/C17H14N4O2S2/c1-17(9-14(22)19-13-6-2-3-7-21(13)17)15(23)20-16-18-11(10-25-16)12-5-4-8-24-12/h2-8,10H,9H2,1H3,(H,18,20,23). The van der Waals surface area contributed by atoms with E-state index in [4.69, 9.17) is 0 Å². The first-order valence-corrected chi connectivity index (χ1v) is 9.39. The maximum atomic E-state index is 12.9. The number of nitrogens with one attached hydrogen (secondary N) is 1. The highest BCUT2D eigenvalue weighted by atomic mass is 32.1. The van der Waals surface area contributed by atoms with Gasteiger partial charge >= 0.3 is 0 Å². The van der Waals surface area contributed by atoms with Crippen LogP contribution in [-0.2, 0) is 9.59 Å². The molecular formula is C17H14N4O2S2. The molecule has 0 bridgehead atoms. The van der Waals surface area contributed by atoms with Gasteiger partial charge in [-0.25, -0.2) is 4.98 Å². The van der Waals surface area contributed by atoms with Crippen molar-refractivity contribution in [3.8, 4) is 10.6 Å². The van der Waals surface area contributed by atoms with Crippen molar-refractivity contribution in [1.82, 2.24) is 9.88 Å². The molecule has 6 nitrogen and oxygen atoms in total. The summed E-state index contributed by atoms with van der Waals surface area (Å²) in [6, 6.07) is 3.95. The molecule has 1 atom stereocenters. The summed E-state index contributed by atoms with van der Waals surface area (Å²) in [5, 5.41) is 7.26. The molecule has 2 amide bonds. The number of thiazole rings is 1. The minimum Gasteiger partial charge on any atom is -0.317 e. The minimum atomic E-state index is -1.04. The molecule has 2 aromatic heterocycles. The van der Waals surface area contributed by atoms with E-state index in [0.29, 0.717) is 11.0 Å². The van der Waals surface area contributed by atoms with E-state index in [-0.39, 0.29) is 18.2 Å². The predicted octanol–water partition coefficient (Wildman–Crippen LogP) is 3.28. The number of amidine groups is 1.